The molecule has 128 valence electrons. The minimum Gasteiger partial charge on any atom is -0.497 e. The number of methoxy groups -OCH3 is 1. The minimum atomic E-state index is -0.150. The molecule has 1 amide bonds. The molecule has 5 nitrogen and oxygen atoms in total. The number of hydrogen-bond acceptors (Lipinski definition) is 5. The SMILES string of the molecule is COc1ccc(-c2csc(N(C[C@@H]3CCCO3)C(=O)CCl)n2)cc1. The number of halogens is 1. The van der Waals surface area contributed by atoms with E-state index in [9.17, 15) is 4.79 Å². The van der Waals surface area contributed by atoms with Gasteiger partial charge in [-0.15, -0.1) is 22.9 Å². The maximum Gasteiger partial charge on any atom is 0.243 e. The Hall–Kier alpha value is -1.63. The predicted octanol–water partition coefficient (Wildman–Crippen LogP) is 3.57. The highest BCUT2D eigenvalue weighted by Gasteiger charge is 2.25. The highest BCUT2D eigenvalue weighted by molar-refractivity contribution is 7.14. The lowest BCUT2D eigenvalue weighted by Gasteiger charge is -2.22. The molecule has 1 fully saturated rings. The van der Waals surface area contributed by atoms with Gasteiger partial charge in [-0.2, -0.15) is 0 Å². The highest BCUT2D eigenvalue weighted by Crippen LogP contribution is 2.29. The van der Waals surface area contributed by atoms with Crippen molar-refractivity contribution in [2.24, 2.45) is 0 Å². The number of rotatable bonds is 6. The van der Waals surface area contributed by atoms with Crippen molar-refractivity contribution in [3.63, 3.8) is 0 Å². The molecule has 1 aromatic heterocycles. The van der Waals surface area contributed by atoms with E-state index in [2.05, 4.69) is 4.98 Å². The van der Waals surface area contributed by atoms with Crippen molar-refractivity contribution < 1.29 is 14.3 Å². The van der Waals surface area contributed by atoms with Crippen LogP contribution in [0.4, 0.5) is 5.13 Å². The molecule has 1 saturated heterocycles. The van der Waals surface area contributed by atoms with Crippen LogP contribution in [0.25, 0.3) is 11.3 Å². The van der Waals surface area contributed by atoms with Crippen LogP contribution < -0.4 is 9.64 Å². The zero-order valence-corrected chi connectivity index (χ0v) is 15.0. The summed E-state index contributed by atoms with van der Waals surface area (Å²) in [7, 11) is 1.64. The fraction of sp³-hybridized carbons (Fsp3) is 0.412. The molecular formula is C17H19ClN2O3S. The molecule has 1 aliphatic heterocycles. The largest absolute Gasteiger partial charge is 0.497 e. The fourth-order valence-electron chi connectivity index (χ4n) is 2.63. The lowest BCUT2D eigenvalue weighted by molar-refractivity contribution is -0.116. The molecule has 3 rings (SSSR count). The molecule has 1 aromatic carbocycles. The van der Waals surface area contributed by atoms with Crippen LogP contribution in [-0.4, -0.2) is 43.1 Å². The first-order chi connectivity index (χ1) is 11.7. The van der Waals surface area contributed by atoms with Crippen molar-refractivity contribution in [1.29, 1.82) is 0 Å². The fourth-order valence-corrected chi connectivity index (χ4v) is 3.64. The average Bonchev–Trinajstić information content (AvgIpc) is 3.31. The van der Waals surface area contributed by atoms with E-state index >= 15 is 0 Å². The molecule has 7 heteroatoms. The first-order valence-corrected chi connectivity index (χ1v) is 9.20. The summed E-state index contributed by atoms with van der Waals surface area (Å²) in [5, 5.41) is 2.60. The number of anilines is 1. The van der Waals surface area contributed by atoms with Crippen LogP contribution in [0.1, 0.15) is 12.8 Å². The summed E-state index contributed by atoms with van der Waals surface area (Å²) in [5.74, 6) is 0.582. The van der Waals surface area contributed by atoms with Crippen LogP contribution in [0.3, 0.4) is 0 Å². The van der Waals surface area contributed by atoms with Gasteiger partial charge < -0.3 is 9.47 Å². The summed E-state index contributed by atoms with van der Waals surface area (Å²) in [5.41, 5.74) is 1.81. The molecule has 0 aliphatic carbocycles. The van der Waals surface area contributed by atoms with Gasteiger partial charge in [0, 0.05) is 17.6 Å². The molecule has 0 radical (unpaired) electrons. The third-order valence-electron chi connectivity index (χ3n) is 3.93. The molecule has 0 N–H and O–H groups in total. The van der Waals surface area contributed by atoms with Crippen molar-refractivity contribution in [2.75, 3.05) is 31.0 Å². The number of carbonyl (C=O) groups excluding carboxylic acids is 1. The molecule has 1 aliphatic rings. The van der Waals surface area contributed by atoms with Crippen molar-refractivity contribution in [2.45, 2.75) is 18.9 Å². The van der Waals surface area contributed by atoms with Crippen LogP contribution in [0.5, 0.6) is 5.75 Å². The van der Waals surface area contributed by atoms with Crippen molar-refractivity contribution in [3.8, 4) is 17.0 Å². The summed E-state index contributed by atoms with van der Waals surface area (Å²) in [6.07, 6.45) is 2.05. The van der Waals surface area contributed by atoms with Crippen LogP contribution in [-0.2, 0) is 9.53 Å². The van der Waals surface area contributed by atoms with Gasteiger partial charge in [0.25, 0.3) is 0 Å². The van der Waals surface area contributed by atoms with Gasteiger partial charge in [0.05, 0.1) is 25.5 Å². The number of ether oxygens (including phenoxy) is 2. The molecule has 0 bridgehead atoms. The number of thiazole rings is 1. The summed E-state index contributed by atoms with van der Waals surface area (Å²) in [6.45, 7) is 1.25. The summed E-state index contributed by atoms with van der Waals surface area (Å²) >= 11 is 7.21. The Balaban J connectivity index is 1.80. The van der Waals surface area contributed by atoms with E-state index in [1.807, 2.05) is 29.6 Å². The molecule has 0 unspecified atom stereocenters. The highest BCUT2D eigenvalue weighted by atomic mass is 35.5. The Morgan fingerprint density at radius 2 is 2.25 bits per heavy atom. The second kappa shape index (κ2) is 7.96. The van der Waals surface area contributed by atoms with Crippen LogP contribution in [0.2, 0.25) is 0 Å². The monoisotopic (exact) mass is 366 g/mol. The third kappa shape index (κ3) is 3.88. The van der Waals surface area contributed by atoms with E-state index in [0.717, 1.165) is 36.5 Å². The lowest BCUT2D eigenvalue weighted by atomic mass is 10.2. The number of nitrogens with zero attached hydrogens (tertiary/aromatic N) is 2. The van der Waals surface area contributed by atoms with Gasteiger partial charge in [-0.1, -0.05) is 0 Å². The second-order valence-corrected chi connectivity index (χ2v) is 6.62. The number of carbonyl (C=O) groups is 1. The van der Waals surface area contributed by atoms with Crippen molar-refractivity contribution in [3.05, 3.63) is 29.6 Å². The number of aromatic nitrogens is 1. The maximum absolute atomic E-state index is 12.2. The van der Waals surface area contributed by atoms with Gasteiger partial charge in [0.1, 0.15) is 11.6 Å². The van der Waals surface area contributed by atoms with Crippen molar-refractivity contribution in [1.82, 2.24) is 4.98 Å². The lowest BCUT2D eigenvalue weighted by Crippen LogP contribution is -2.38. The molecule has 0 saturated carbocycles. The van der Waals surface area contributed by atoms with Gasteiger partial charge in [0.15, 0.2) is 5.13 Å². The average molecular weight is 367 g/mol. The Bertz CT molecular complexity index is 683. The zero-order valence-electron chi connectivity index (χ0n) is 13.4. The molecule has 2 heterocycles. The summed E-state index contributed by atoms with van der Waals surface area (Å²) in [4.78, 5) is 18.5. The van der Waals surface area contributed by atoms with Crippen LogP contribution in [0, 0.1) is 0 Å². The van der Waals surface area contributed by atoms with Crippen LogP contribution >= 0.6 is 22.9 Å². The first-order valence-electron chi connectivity index (χ1n) is 7.79. The van der Waals surface area contributed by atoms with Gasteiger partial charge in [-0.05, 0) is 37.1 Å². The molecule has 2 aromatic rings. The third-order valence-corrected chi connectivity index (χ3v) is 5.03. The Morgan fingerprint density at radius 3 is 2.88 bits per heavy atom. The van der Waals surface area contributed by atoms with Gasteiger partial charge >= 0.3 is 0 Å². The number of hydrogen-bond donors (Lipinski definition) is 0. The number of benzene rings is 1. The van der Waals surface area contributed by atoms with Crippen LogP contribution in [0.15, 0.2) is 29.6 Å². The Labute approximate surface area is 150 Å². The predicted molar refractivity (Wildman–Crippen MR) is 96.1 cm³/mol. The molecule has 0 spiro atoms. The standard InChI is InChI=1S/C17H19ClN2O3S/c1-22-13-6-4-12(5-7-13)15-11-24-17(19-15)20(16(21)9-18)10-14-3-2-8-23-14/h4-7,11,14H,2-3,8-10H2,1H3/t14-/m0/s1. The van der Waals surface area contributed by atoms with E-state index in [1.54, 1.807) is 12.0 Å². The quantitative estimate of drug-likeness (QED) is 0.733. The number of amides is 1. The summed E-state index contributed by atoms with van der Waals surface area (Å²) in [6, 6.07) is 7.68. The summed E-state index contributed by atoms with van der Waals surface area (Å²) < 4.78 is 10.8. The van der Waals surface area contributed by atoms with E-state index in [1.165, 1.54) is 11.3 Å². The van der Waals surface area contributed by atoms with E-state index < -0.39 is 0 Å². The molecule has 1 atom stereocenters. The molecule has 24 heavy (non-hydrogen) atoms. The zero-order chi connectivity index (χ0) is 16.9. The van der Waals surface area contributed by atoms with Gasteiger partial charge in [-0.3, -0.25) is 9.69 Å². The van der Waals surface area contributed by atoms with E-state index in [4.69, 9.17) is 21.1 Å². The Kier molecular flexibility index (Phi) is 5.71. The topological polar surface area (TPSA) is 51.7 Å². The van der Waals surface area contributed by atoms with E-state index in [0.29, 0.717) is 11.7 Å². The number of alkyl halides is 1. The smallest absolute Gasteiger partial charge is 0.243 e. The normalized spacial score (nSPS) is 17.0. The minimum absolute atomic E-state index is 0.0607. The second-order valence-electron chi connectivity index (χ2n) is 5.52. The maximum atomic E-state index is 12.2. The van der Waals surface area contributed by atoms with E-state index in [-0.39, 0.29) is 17.9 Å². The van der Waals surface area contributed by atoms with Gasteiger partial charge in [0.2, 0.25) is 5.91 Å². The van der Waals surface area contributed by atoms with Crippen molar-refractivity contribution >= 4 is 34.0 Å². The van der Waals surface area contributed by atoms with Gasteiger partial charge in [-0.25, -0.2) is 4.98 Å². The Morgan fingerprint density at radius 1 is 1.46 bits per heavy atom. The first kappa shape index (κ1) is 17.2. The molecular weight excluding hydrogens is 348 g/mol.